The average Bonchev–Trinajstić information content (AvgIpc) is 1.15. The third-order valence-corrected chi connectivity index (χ3v) is 21.1. The van der Waals surface area contributed by atoms with Crippen molar-refractivity contribution >= 4 is 5.97 Å². The van der Waals surface area contributed by atoms with Gasteiger partial charge in [-0.15, -0.1) is 0 Å². The van der Waals surface area contributed by atoms with Crippen molar-refractivity contribution in [1.82, 2.24) is 0 Å². The van der Waals surface area contributed by atoms with Gasteiger partial charge in [0.05, 0.1) is 50.7 Å². The lowest BCUT2D eigenvalue weighted by atomic mass is 9.42. The Bertz CT molecular complexity index is 2380. The maximum Gasteiger partial charge on any atom is 0.314 e. The Morgan fingerprint density at radius 3 is 1.31 bits per heavy atom. The van der Waals surface area contributed by atoms with E-state index in [1.165, 1.54) is 0 Å². The van der Waals surface area contributed by atoms with E-state index in [1.54, 1.807) is 13.8 Å². The fourth-order valence-corrected chi connectivity index (χ4v) is 15.6. The molecular formula is C57H94O33. The summed E-state index contributed by atoms with van der Waals surface area (Å²) in [5, 5.41) is 215. The highest BCUT2D eigenvalue weighted by molar-refractivity contribution is 5.77. The average molecular weight is 1310 g/mol. The lowest BCUT2D eigenvalue weighted by molar-refractivity contribution is -0.401. The summed E-state index contributed by atoms with van der Waals surface area (Å²) in [6, 6.07) is 0. The van der Waals surface area contributed by atoms with E-state index >= 15 is 4.79 Å². The van der Waals surface area contributed by atoms with Gasteiger partial charge in [-0.25, -0.2) is 0 Å². The van der Waals surface area contributed by atoms with E-state index in [0.717, 1.165) is 0 Å². The zero-order valence-electron chi connectivity index (χ0n) is 50.3. The molecule has 9 aliphatic rings. The normalized spacial score (nSPS) is 53.7. The van der Waals surface area contributed by atoms with Gasteiger partial charge >= 0.3 is 5.97 Å². The summed E-state index contributed by atoms with van der Waals surface area (Å²) >= 11 is 0. The molecule has 3 saturated carbocycles. The molecule has 20 N–H and O–H groups in total. The molecule has 6 saturated heterocycles. The lowest BCUT2D eigenvalue weighted by Gasteiger charge is -2.62. The van der Waals surface area contributed by atoms with Gasteiger partial charge < -0.3 is 159 Å². The van der Waals surface area contributed by atoms with E-state index in [0.29, 0.717) is 44.1 Å². The van der Waals surface area contributed by atoms with E-state index < -0.39 is 258 Å². The van der Waals surface area contributed by atoms with Gasteiger partial charge in [-0.1, -0.05) is 26.8 Å². The van der Waals surface area contributed by atoms with E-state index in [9.17, 15) is 102 Å². The van der Waals surface area contributed by atoms with Crippen LogP contribution in [0.2, 0.25) is 0 Å². The van der Waals surface area contributed by atoms with E-state index in [-0.39, 0.29) is 18.8 Å². The van der Waals surface area contributed by atoms with Crippen molar-refractivity contribution < 1.29 is 164 Å². The van der Waals surface area contributed by atoms with Gasteiger partial charge in [0.2, 0.25) is 6.29 Å². The predicted octanol–water partition coefficient (Wildman–Crippen LogP) is -8.83. The van der Waals surface area contributed by atoms with Crippen molar-refractivity contribution in [3.8, 4) is 0 Å². The van der Waals surface area contributed by atoms with Gasteiger partial charge in [0, 0.05) is 0 Å². The van der Waals surface area contributed by atoms with Crippen LogP contribution in [0.25, 0.3) is 0 Å². The largest absolute Gasteiger partial charge is 0.432 e. The number of esters is 1. The molecular weight excluding hydrogens is 1210 g/mol. The molecule has 31 unspecified atom stereocenters. The summed E-state index contributed by atoms with van der Waals surface area (Å²) in [5.74, 6) is -1.46. The number of aliphatic hydroxyl groups excluding tert-OH is 20. The summed E-state index contributed by atoms with van der Waals surface area (Å²) in [5.41, 5.74) is -3.55. The second-order valence-electron chi connectivity index (χ2n) is 26.8. The molecule has 36 atom stereocenters. The van der Waals surface area contributed by atoms with Crippen LogP contribution in [0, 0.1) is 28.1 Å². The molecule has 0 aromatic heterocycles. The Labute approximate surface area is 517 Å². The molecule has 6 heterocycles. The number of fused-ring (bicyclic) bond motifs is 3. The Morgan fingerprint density at radius 1 is 0.433 bits per heavy atom. The van der Waals surface area contributed by atoms with Gasteiger partial charge in [-0.3, -0.25) is 4.79 Å². The molecule has 0 radical (unpaired) electrons. The van der Waals surface area contributed by atoms with Crippen LogP contribution in [0.15, 0.2) is 12.2 Å². The van der Waals surface area contributed by atoms with Crippen molar-refractivity contribution in [3.63, 3.8) is 0 Å². The predicted molar refractivity (Wildman–Crippen MR) is 291 cm³/mol. The molecule has 9 fully saturated rings. The zero-order valence-corrected chi connectivity index (χ0v) is 50.3. The molecule has 520 valence electrons. The highest BCUT2D eigenvalue weighted by Gasteiger charge is 2.65. The van der Waals surface area contributed by atoms with Gasteiger partial charge in [-0.2, -0.15) is 0 Å². The third-order valence-electron chi connectivity index (χ3n) is 21.1. The van der Waals surface area contributed by atoms with Crippen LogP contribution < -0.4 is 0 Å². The summed E-state index contributed by atoms with van der Waals surface area (Å²) in [6.45, 7) is 7.04. The molecule has 3 aliphatic carbocycles. The van der Waals surface area contributed by atoms with E-state index in [1.807, 2.05) is 0 Å². The number of aliphatic hydroxyl groups is 20. The maximum atomic E-state index is 15.1. The Morgan fingerprint density at radius 2 is 0.833 bits per heavy atom. The van der Waals surface area contributed by atoms with Crippen molar-refractivity contribution in [1.29, 1.82) is 0 Å². The molecule has 0 aromatic rings. The summed E-state index contributed by atoms with van der Waals surface area (Å²) in [4.78, 5) is 15.1. The molecule has 33 heteroatoms. The number of carbonyl (C=O) groups is 1. The molecule has 33 nitrogen and oxygen atoms in total. The number of carbonyl (C=O) groups excluding carboxylic acids is 1. The minimum Gasteiger partial charge on any atom is -0.432 e. The van der Waals surface area contributed by atoms with Crippen molar-refractivity contribution in [3.05, 3.63) is 12.2 Å². The topological polar surface area (TPSA) is 532 Å². The molecule has 90 heavy (non-hydrogen) atoms. The highest BCUT2D eigenvalue weighted by atomic mass is 16.8. The van der Waals surface area contributed by atoms with Crippen LogP contribution >= 0.6 is 0 Å². The first-order valence-electron chi connectivity index (χ1n) is 30.7. The highest BCUT2D eigenvalue weighted by Crippen LogP contribution is 2.68. The van der Waals surface area contributed by atoms with E-state index in [2.05, 4.69) is 20.4 Å². The van der Waals surface area contributed by atoms with Gasteiger partial charge in [-0.05, 0) is 87.0 Å². The summed E-state index contributed by atoms with van der Waals surface area (Å²) < 4.78 is 72.5. The fourth-order valence-electron chi connectivity index (χ4n) is 15.6. The second kappa shape index (κ2) is 28.6. The maximum absolute atomic E-state index is 15.1. The number of hydrogen-bond acceptors (Lipinski definition) is 33. The molecule has 0 amide bonds. The van der Waals surface area contributed by atoms with Gasteiger partial charge in [0.15, 0.2) is 37.6 Å². The monoisotopic (exact) mass is 1310 g/mol. The minimum atomic E-state index is -2.11. The number of hydrogen-bond donors (Lipinski definition) is 20. The van der Waals surface area contributed by atoms with Crippen LogP contribution in [-0.2, 0) is 61.6 Å². The fraction of sp³-hybridized carbons (Fsp3) is 0.947. The summed E-state index contributed by atoms with van der Waals surface area (Å²) in [6.07, 6.45) is -52.4. The zero-order chi connectivity index (χ0) is 66.0. The second-order valence-corrected chi connectivity index (χ2v) is 26.8. The van der Waals surface area contributed by atoms with E-state index in [4.69, 9.17) is 56.8 Å². The first-order valence-corrected chi connectivity index (χ1v) is 30.7. The minimum absolute atomic E-state index is 0.130. The molecule has 0 aromatic carbocycles. The Balaban J connectivity index is 1.02. The van der Waals surface area contributed by atoms with Crippen LogP contribution in [0.5, 0.6) is 0 Å². The Kier molecular flexibility index (Phi) is 22.9. The lowest BCUT2D eigenvalue weighted by Crippen LogP contribution is -2.68. The van der Waals surface area contributed by atoms with Crippen LogP contribution in [0.3, 0.4) is 0 Å². The summed E-state index contributed by atoms with van der Waals surface area (Å²) in [7, 11) is 0. The smallest absolute Gasteiger partial charge is 0.314 e. The van der Waals surface area contributed by atoms with Crippen LogP contribution in [0.4, 0.5) is 0 Å². The first kappa shape index (κ1) is 72.2. The first-order chi connectivity index (χ1) is 42.4. The molecule has 9 rings (SSSR count). The quantitative estimate of drug-likeness (QED) is 0.0448. The van der Waals surface area contributed by atoms with Crippen molar-refractivity contribution in [2.24, 2.45) is 28.1 Å². The van der Waals surface area contributed by atoms with Crippen LogP contribution in [0.1, 0.15) is 79.1 Å². The molecule has 6 aliphatic heterocycles. The van der Waals surface area contributed by atoms with Crippen molar-refractivity contribution in [2.45, 2.75) is 269 Å². The SMILES string of the molecule is C=C1C[C@@]2(C)CCC3[C@](C)(C(=O)OC4OC(CO)C(O)C(O)C4OC4OC(CO)C(O)C(O)C4O)CCC[C@@]3(C)[C@@H]2CC[C@@]1(C)OC1OC(COC2OC(CO)C(O)C(O)C2O)C(O)C(OC2OC(CO)C(O)C(O)C2O)C1OC1OC(CO)C(O)C(O)C1O. The van der Waals surface area contributed by atoms with Gasteiger partial charge in [0.25, 0.3) is 0 Å². The third kappa shape index (κ3) is 13.4. The number of rotatable bonds is 18. The molecule has 0 spiro atoms. The van der Waals surface area contributed by atoms with Gasteiger partial charge in [0.1, 0.15) is 140 Å². The van der Waals surface area contributed by atoms with Crippen molar-refractivity contribution in [2.75, 3.05) is 39.6 Å². The Hall–Kier alpha value is -2.03. The molecule has 0 bridgehead atoms. The van der Waals surface area contributed by atoms with Crippen LogP contribution in [-0.4, -0.2) is 338 Å². The number of ether oxygens (including phenoxy) is 12. The standard InChI is InChI=1S/C57H94O33/c1-20-13-54(2)11-7-28-55(3,9-6-10-56(28,4)53(78)89-51-45(39(73)33(67)25(18-62)84-51)87-49-42(76)37(71)31(65)23(16-60)82-49)27(54)8-12-57(20,5)90-52-46(88-50-43(77)38(72)32(66)24(17-61)83-50)44(86-48-41(75)36(70)30(64)22(15-59)81-48)34(68)26(85-52)19-79-47-40(74)35(69)29(63)21(14-58)80-47/h21-52,58-77H,1,6-19H2,2-5H3/t21?,22?,23?,24?,25?,26?,27-,28?,29?,30?,31?,32?,33?,34?,35?,36?,37?,38?,39?,40?,41?,42?,43?,44?,45?,46?,47?,48?,49?,50?,51?,52?,54-,55+,56-,57-/m1/s1.